The highest BCUT2D eigenvalue weighted by Crippen LogP contribution is 2.55. The summed E-state index contributed by atoms with van der Waals surface area (Å²) in [6.07, 6.45) is 2.56. The topological polar surface area (TPSA) is 122 Å². The molecule has 0 saturated heterocycles. The Labute approximate surface area is 263 Å². The number of hydrogen-bond donors (Lipinski definition) is 3. The second-order valence-corrected chi connectivity index (χ2v) is 14.9. The number of nitrogens with zero attached hydrogens (tertiary/aromatic N) is 2. The molecule has 8 nitrogen and oxygen atoms in total. The molecule has 3 N–H and O–H groups in total. The van der Waals surface area contributed by atoms with Gasteiger partial charge in [0.1, 0.15) is 22.7 Å². The van der Waals surface area contributed by atoms with Crippen molar-refractivity contribution < 1.29 is 36.6 Å². The summed E-state index contributed by atoms with van der Waals surface area (Å²) in [7, 11) is -3.41. The highest BCUT2D eigenvalue weighted by atomic mass is 35.5. The maximum atomic E-state index is 15.1. The van der Waals surface area contributed by atoms with Crippen molar-refractivity contribution >= 4 is 33.0 Å². The molecule has 3 aromatic rings. The lowest BCUT2D eigenvalue weighted by atomic mass is 9.71. The van der Waals surface area contributed by atoms with Gasteiger partial charge in [-0.25, -0.2) is 17.8 Å². The summed E-state index contributed by atoms with van der Waals surface area (Å²) >= 11 is 5.85. The molecule has 238 valence electrons. The normalized spacial score (nSPS) is 29.4. The fourth-order valence-corrected chi connectivity index (χ4v) is 8.76. The van der Waals surface area contributed by atoms with Crippen molar-refractivity contribution in [3.05, 3.63) is 77.1 Å². The Morgan fingerprint density at radius 1 is 1.09 bits per heavy atom. The molecule has 3 aliphatic carbocycles. The molecular weight excluding hydrogens is 631 g/mol. The van der Waals surface area contributed by atoms with Crippen LogP contribution in [0.1, 0.15) is 60.6 Å². The molecule has 3 saturated carbocycles. The van der Waals surface area contributed by atoms with E-state index in [1.54, 1.807) is 17.9 Å². The predicted molar refractivity (Wildman–Crippen MR) is 160 cm³/mol. The van der Waals surface area contributed by atoms with E-state index in [-0.39, 0.29) is 22.8 Å². The van der Waals surface area contributed by atoms with Crippen LogP contribution in [0.25, 0.3) is 0 Å². The van der Waals surface area contributed by atoms with E-state index in [4.69, 9.17) is 11.6 Å². The smallest absolute Gasteiger partial charge is 0.377 e. The number of fused-ring (bicyclic) bond motifs is 1. The van der Waals surface area contributed by atoms with Gasteiger partial charge in [-0.3, -0.25) is 4.79 Å². The maximum Gasteiger partial charge on any atom is 0.377 e. The minimum Gasteiger partial charge on any atom is -0.382 e. The van der Waals surface area contributed by atoms with Gasteiger partial charge in [-0.2, -0.15) is 8.78 Å². The number of imidazole rings is 1. The summed E-state index contributed by atoms with van der Waals surface area (Å²) in [5.74, 6) is 4.15. The molecule has 2 aromatic carbocycles. The Kier molecular flexibility index (Phi) is 7.84. The first kappa shape index (κ1) is 31.6. The molecule has 2 unspecified atom stereocenters. The Hall–Kier alpha value is -3.37. The maximum absolute atomic E-state index is 15.1. The van der Waals surface area contributed by atoms with Crippen molar-refractivity contribution in [3.8, 4) is 11.8 Å². The molecule has 0 bridgehead atoms. The number of nitrogens with one attached hydrogen (secondary N) is 1. The van der Waals surface area contributed by atoms with Crippen LogP contribution < -0.4 is 5.32 Å². The number of carbonyl (C=O) groups excluding carboxylic acids is 1. The highest BCUT2D eigenvalue weighted by Gasteiger charge is 2.67. The largest absolute Gasteiger partial charge is 0.382 e. The number of aliphatic hydroxyl groups is 2. The van der Waals surface area contributed by atoms with E-state index < -0.39 is 61.7 Å². The molecule has 0 aliphatic heterocycles. The van der Waals surface area contributed by atoms with Crippen LogP contribution in [0.2, 0.25) is 5.02 Å². The van der Waals surface area contributed by atoms with Crippen molar-refractivity contribution in [3.63, 3.8) is 0 Å². The second kappa shape index (κ2) is 11.2. The van der Waals surface area contributed by atoms with E-state index in [0.29, 0.717) is 42.8 Å². The van der Waals surface area contributed by atoms with Gasteiger partial charge in [-0.1, -0.05) is 41.6 Å². The predicted octanol–water partition coefficient (Wildman–Crippen LogP) is 5.31. The quantitative estimate of drug-likeness (QED) is 0.308. The summed E-state index contributed by atoms with van der Waals surface area (Å²) in [6, 6.07) is 10.2. The molecule has 45 heavy (non-hydrogen) atoms. The molecular formula is C32H31ClF3N3O5S. The van der Waals surface area contributed by atoms with Crippen LogP contribution in [0.3, 0.4) is 0 Å². The molecule has 13 heteroatoms. The summed E-state index contributed by atoms with van der Waals surface area (Å²) in [5.41, 5.74) is -2.74. The summed E-state index contributed by atoms with van der Waals surface area (Å²) in [5, 5.41) is 20.1. The lowest BCUT2D eigenvalue weighted by molar-refractivity contribution is -0.182. The average Bonchev–Trinajstić information content (AvgIpc) is 3.63. The molecule has 2 atom stereocenters. The lowest BCUT2D eigenvalue weighted by Gasteiger charge is -2.45. The number of benzene rings is 2. The number of alkyl halides is 2. The highest BCUT2D eigenvalue weighted by molar-refractivity contribution is 7.92. The number of sulfone groups is 1. The first-order valence-corrected chi connectivity index (χ1v) is 16.4. The Morgan fingerprint density at radius 3 is 2.36 bits per heavy atom. The van der Waals surface area contributed by atoms with Gasteiger partial charge < -0.3 is 20.1 Å². The van der Waals surface area contributed by atoms with Crippen LogP contribution in [0.4, 0.5) is 18.9 Å². The van der Waals surface area contributed by atoms with E-state index in [1.807, 2.05) is 0 Å². The monoisotopic (exact) mass is 661 g/mol. The van der Waals surface area contributed by atoms with Gasteiger partial charge in [0.25, 0.3) is 5.91 Å². The van der Waals surface area contributed by atoms with Crippen LogP contribution in [0.5, 0.6) is 0 Å². The number of halogens is 4. The number of aromatic nitrogens is 2. The Balaban J connectivity index is 1.08. The fourth-order valence-electron chi connectivity index (χ4n) is 7.11. The standard InChI is InChI=1S/C32H31ClF3N3O5S/c1-39-18-37-27(28(39)29(40)38-23-7-8-26(34)25(33)13-23)20-11-21-16-30(41,17-22(21)12-20)10-9-19-14-31(42,15-19)32(35,36)45(43,44)24-5-3-2-4-6-24/h2-8,13,18-22,41-42H,11-12,14-17H2,1H3,(H,38,40). The minimum absolute atomic E-state index is 0.0355. The number of rotatable bonds is 6. The molecule has 1 amide bonds. The SMILES string of the molecule is Cn1cnc(C2CC3CC(O)(C#CC4CC(O)(C(F)(F)S(=O)(=O)c5ccccc5)C4)CC3C2)c1C(=O)Nc1ccc(F)c(Cl)c1. The van der Waals surface area contributed by atoms with Gasteiger partial charge >= 0.3 is 5.25 Å². The number of hydrogen-bond acceptors (Lipinski definition) is 6. The molecule has 3 fully saturated rings. The zero-order chi connectivity index (χ0) is 32.4. The van der Waals surface area contributed by atoms with Crippen LogP contribution in [0.15, 0.2) is 59.8 Å². The molecule has 3 aliphatic rings. The van der Waals surface area contributed by atoms with E-state index in [2.05, 4.69) is 22.1 Å². The Morgan fingerprint density at radius 2 is 1.73 bits per heavy atom. The summed E-state index contributed by atoms with van der Waals surface area (Å²) in [6.45, 7) is 0. The lowest BCUT2D eigenvalue weighted by Crippen LogP contribution is -2.60. The zero-order valence-corrected chi connectivity index (χ0v) is 25.8. The first-order valence-electron chi connectivity index (χ1n) is 14.5. The van der Waals surface area contributed by atoms with Gasteiger partial charge in [0.05, 0.1) is 21.9 Å². The second-order valence-electron chi connectivity index (χ2n) is 12.5. The number of aryl methyl sites for hydroxylation is 1. The summed E-state index contributed by atoms with van der Waals surface area (Å²) < 4.78 is 70.5. The van der Waals surface area contributed by atoms with E-state index in [9.17, 15) is 27.8 Å². The molecule has 6 rings (SSSR count). The van der Waals surface area contributed by atoms with Gasteiger partial charge in [0.15, 0.2) is 0 Å². The van der Waals surface area contributed by atoms with Crippen LogP contribution in [0, 0.1) is 35.4 Å². The molecule has 1 aromatic heterocycles. The number of anilines is 1. The molecule has 0 spiro atoms. The third-order valence-corrected chi connectivity index (χ3v) is 11.6. The van der Waals surface area contributed by atoms with E-state index in [0.717, 1.165) is 12.1 Å². The van der Waals surface area contributed by atoms with E-state index in [1.165, 1.54) is 36.4 Å². The molecule has 1 heterocycles. The first-order chi connectivity index (χ1) is 21.1. The minimum atomic E-state index is -5.12. The van der Waals surface area contributed by atoms with Gasteiger partial charge in [-0.15, -0.1) is 0 Å². The zero-order valence-electron chi connectivity index (χ0n) is 24.2. The van der Waals surface area contributed by atoms with Crippen LogP contribution >= 0.6 is 11.6 Å². The van der Waals surface area contributed by atoms with Crippen molar-refractivity contribution in [1.82, 2.24) is 9.55 Å². The third-order valence-electron chi connectivity index (χ3n) is 9.40. The Bertz CT molecular complexity index is 1800. The van der Waals surface area contributed by atoms with Crippen molar-refractivity contribution in [2.24, 2.45) is 24.8 Å². The van der Waals surface area contributed by atoms with Crippen molar-refractivity contribution in [2.75, 3.05) is 5.32 Å². The van der Waals surface area contributed by atoms with Crippen LogP contribution in [-0.2, 0) is 16.9 Å². The van der Waals surface area contributed by atoms with Gasteiger partial charge in [0.2, 0.25) is 9.84 Å². The van der Waals surface area contributed by atoms with Crippen molar-refractivity contribution in [2.45, 2.75) is 65.8 Å². The summed E-state index contributed by atoms with van der Waals surface area (Å²) in [4.78, 5) is 17.1. The van der Waals surface area contributed by atoms with Crippen LogP contribution in [-0.4, -0.2) is 50.5 Å². The van der Waals surface area contributed by atoms with Crippen molar-refractivity contribution in [1.29, 1.82) is 0 Å². The van der Waals surface area contributed by atoms with E-state index >= 15 is 8.78 Å². The fraction of sp³-hybridized carbons (Fsp3) is 0.438. The molecule has 0 radical (unpaired) electrons. The average molecular weight is 662 g/mol. The third kappa shape index (κ3) is 5.54. The number of amides is 1. The number of carbonyl (C=O) groups is 1. The van der Waals surface area contributed by atoms with Gasteiger partial charge in [0, 0.05) is 24.6 Å². The van der Waals surface area contributed by atoms with Gasteiger partial charge in [-0.05, 0) is 80.7 Å².